The number of imide groups is 1. The van der Waals surface area contributed by atoms with Gasteiger partial charge in [0.15, 0.2) is 0 Å². The van der Waals surface area contributed by atoms with Crippen LogP contribution >= 0.6 is 15.9 Å². The average molecular weight is 370 g/mol. The van der Waals surface area contributed by atoms with Gasteiger partial charge in [-0.25, -0.2) is 4.79 Å². The first kappa shape index (κ1) is 16.9. The molecule has 2 rings (SSSR count). The average Bonchev–Trinajstić information content (AvgIpc) is 2.54. The van der Waals surface area contributed by atoms with E-state index in [1.54, 1.807) is 6.92 Å². The zero-order valence-corrected chi connectivity index (χ0v) is 14.2. The number of carbonyl (C=O) groups is 2. The molecular weight excluding hydrogens is 350 g/mol. The van der Waals surface area contributed by atoms with Crippen LogP contribution in [0.3, 0.4) is 0 Å². The topological polar surface area (TPSA) is 70.7 Å². The molecule has 0 bridgehead atoms. The predicted octanol–water partition coefficient (Wildman–Crippen LogP) is 1.67. The van der Waals surface area contributed by atoms with E-state index in [0.717, 1.165) is 10.0 Å². The van der Waals surface area contributed by atoms with Crippen LogP contribution in [-0.4, -0.2) is 49.6 Å². The summed E-state index contributed by atoms with van der Waals surface area (Å²) in [6, 6.07) is 7.08. The van der Waals surface area contributed by atoms with Crippen molar-refractivity contribution in [1.82, 2.24) is 15.5 Å². The van der Waals surface area contributed by atoms with E-state index in [2.05, 4.69) is 26.6 Å². The predicted molar refractivity (Wildman–Crippen MR) is 86.5 cm³/mol. The van der Waals surface area contributed by atoms with Crippen LogP contribution in [0.2, 0.25) is 0 Å². The summed E-state index contributed by atoms with van der Waals surface area (Å²) in [5.41, 5.74) is 1.08. The number of nitrogens with one attached hydrogen (secondary N) is 2. The van der Waals surface area contributed by atoms with E-state index >= 15 is 0 Å². The monoisotopic (exact) mass is 369 g/mol. The van der Waals surface area contributed by atoms with Crippen molar-refractivity contribution in [3.63, 3.8) is 0 Å². The molecule has 3 amide bonds. The lowest BCUT2D eigenvalue weighted by Crippen LogP contribution is -2.52. The summed E-state index contributed by atoms with van der Waals surface area (Å²) < 4.78 is 6.81. The Morgan fingerprint density at radius 2 is 2.05 bits per heavy atom. The summed E-state index contributed by atoms with van der Waals surface area (Å²) in [5, 5.41) is 4.69. The molecule has 6 nitrogen and oxygen atoms in total. The second-order valence-electron chi connectivity index (χ2n) is 5.15. The van der Waals surface area contributed by atoms with E-state index in [4.69, 9.17) is 4.74 Å². The largest absolute Gasteiger partial charge is 0.371 e. The van der Waals surface area contributed by atoms with Gasteiger partial charge in [0.25, 0.3) is 0 Å². The zero-order valence-electron chi connectivity index (χ0n) is 12.6. The molecule has 1 aromatic carbocycles. The lowest BCUT2D eigenvalue weighted by atomic mass is 10.1. The highest BCUT2D eigenvalue weighted by Gasteiger charge is 2.29. The lowest BCUT2D eigenvalue weighted by Gasteiger charge is -2.36. The van der Waals surface area contributed by atoms with Crippen molar-refractivity contribution in [2.45, 2.75) is 19.1 Å². The molecule has 0 radical (unpaired) electrons. The number of carbonyl (C=O) groups excluding carboxylic acids is 2. The summed E-state index contributed by atoms with van der Waals surface area (Å²) in [6.07, 6.45) is -0.0721. The first-order valence-corrected chi connectivity index (χ1v) is 7.94. The third-order valence-corrected chi connectivity index (χ3v) is 4.26. The molecule has 0 unspecified atom stereocenters. The second kappa shape index (κ2) is 7.71. The zero-order chi connectivity index (χ0) is 16.1. The van der Waals surface area contributed by atoms with E-state index < -0.39 is 6.03 Å². The summed E-state index contributed by atoms with van der Waals surface area (Å²) in [7, 11) is 1.48. The number of nitrogens with zero attached hydrogens (tertiary/aromatic N) is 1. The standard InChI is InChI=1S/C15H20BrN3O3/c1-10(14(20)18-15(21)17-2)19-7-8-22-13(9-19)11-3-5-12(16)6-4-11/h3-6,10,13H,7-9H2,1-2H3,(H2,17,18,20,21)/t10-,13+/m1/s1. The summed E-state index contributed by atoms with van der Waals surface area (Å²) in [6.45, 7) is 3.62. The third kappa shape index (κ3) is 4.28. The SMILES string of the molecule is CNC(=O)NC(=O)[C@@H](C)N1CCO[C@H](c2ccc(Br)cc2)C1. The van der Waals surface area contributed by atoms with Crippen LogP contribution in [0.4, 0.5) is 4.79 Å². The maximum absolute atomic E-state index is 12.0. The van der Waals surface area contributed by atoms with Crippen molar-refractivity contribution in [2.75, 3.05) is 26.7 Å². The fourth-order valence-electron chi connectivity index (χ4n) is 2.34. The van der Waals surface area contributed by atoms with Crippen LogP contribution in [0, 0.1) is 0 Å². The van der Waals surface area contributed by atoms with Crippen molar-refractivity contribution in [1.29, 1.82) is 0 Å². The molecule has 1 fully saturated rings. The Bertz CT molecular complexity index is 535. The molecule has 1 aliphatic heterocycles. The molecule has 1 saturated heterocycles. The Hall–Kier alpha value is -1.44. The molecule has 0 aliphatic carbocycles. The number of morpholine rings is 1. The molecule has 1 aliphatic rings. The lowest BCUT2D eigenvalue weighted by molar-refractivity contribution is -0.128. The minimum absolute atomic E-state index is 0.0721. The second-order valence-corrected chi connectivity index (χ2v) is 6.07. The van der Waals surface area contributed by atoms with E-state index in [1.807, 2.05) is 29.2 Å². The molecular formula is C15H20BrN3O3. The number of halogens is 1. The molecule has 2 N–H and O–H groups in total. The van der Waals surface area contributed by atoms with Crippen LogP contribution in [0.15, 0.2) is 28.7 Å². The molecule has 22 heavy (non-hydrogen) atoms. The van der Waals surface area contributed by atoms with Gasteiger partial charge in [0, 0.05) is 24.6 Å². The van der Waals surface area contributed by atoms with E-state index in [1.165, 1.54) is 7.05 Å². The van der Waals surface area contributed by atoms with Crippen molar-refractivity contribution in [3.8, 4) is 0 Å². The molecule has 0 spiro atoms. The van der Waals surface area contributed by atoms with Crippen LogP contribution in [-0.2, 0) is 9.53 Å². The van der Waals surface area contributed by atoms with Gasteiger partial charge in [-0.3, -0.25) is 15.0 Å². The summed E-state index contributed by atoms with van der Waals surface area (Å²) >= 11 is 3.41. The highest BCUT2D eigenvalue weighted by molar-refractivity contribution is 9.10. The molecule has 0 aromatic heterocycles. The van der Waals surface area contributed by atoms with Gasteiger partial charge in [-0.2, -0.15) is 0 Å². The van der Waals surface area contributed by atoms with Gasteiger partial charge >= 0.3 is 6.03 Å². The minimum atomic E-state index is -0.491. The molecule has 0 saturated carbocycles. The minimum Gasteiger partial charge on any atom is -0.371 e. The molecule has 1 aromatic rings. The third-order valence-electron chi connectivity index (χ3n) is 3.73. The van der Waals surface area contributed by atoms with Gasteiger partial charge in [0.2, 0.25) is 5.91 Å². The Balaban J connectivity index is 1.99. The molecule has 1 heterocycles. The fraction of sp³-hybridized carbons (Fsp3) is 0.467. The number of hydrogen-bond acceptors (Lipinski definition) is 4. The van der Waals surface area contributed by atoms with Crippen molar-refractivity contribution in [2.24, 2.45) is 0 Å². The fourth-order valence-corrected chi connectivity index (χ4v) is 2.61. The first-order valence-electron chi connectivity index (χ1n) is 7.15. The Morgan fingerprint density at radius 3 is 2.68 bits per heavy atom. The van der Waals surface area contributed by atoms with Gasteiger partial charge in [0.1, 0.15) is 0 Å². The van der Waals surface area contributed by atoms with Gasteiger partial charge in [0.05, 0.1) is 18.8 Å². The van der Waals surface area contributed by atoms with Crippen LogP contribution in [0.5, 0.6) is 0 Å². The summed E-state index contributed by atoms with van der Waals surface area (Å²) in [5.74, 6) is -0.309. The van der Waals surface area contributed by atoms with Crippen molar-refractivity contribution in [3.05, 3.63) is 34.3 Å². The summed E-state index contributed by atoms with van der Waals surface area (Å²) in [4.78, 5) is 25.3. The Kier molecular flexibility index (Phi) is 5.93. The van der Waals surface area contributed by atoms with Crippen LogP contribution in [0.1, 0.15) is 18.6 Å². The van der Waals surface area contributed by atoms with Gasteiger partial charge in [-0.1, -0.05) is 28.1 Å². The Morgan fingerprint density at radius 1 is 1.36 bits per heavy atom. The van der Waals surface area contributed by atoms with Crippen molar-refractivity contribution >= 4 is 27.9 Å². The number of ether oxygens (including phenoxy) is 1. The quantitative estimate of drug-likeness (QED) is 0.849. The molecule has 2 atom stereocenters. The first-order chi connectivity index (χ1) is 10.5. The Labute approximate surface area is 138 Å². The highest BCUT2D eigenvalue weighted by atomic mass is 79.9. The van der Waals surface area contributed by atoms with E-state index in [0.29, 0.717) is 19.7 Å². The molecule has 120 valence electrons. The highest BCUT2D eigenvalue weighted by Crippen LogP contribution is 2.24. The maximum Gasteiger partial charge on any atom is 0.321 e. The number of hydrogen-bond donors (Lipinski definition) is 2. The van der Waals surface area contributed by atoms with E-state index in [9.17, 15) is 9.59 Å². The number of amides is 3. The van der Waals surface area contributed by atoms with Gasteiger partial charge < -0.3 is 10.1 Å². The van der Waals surface area contributed by atoms with Gasteiger partial charge in [-0.05, 0) is 24.6 Å². The van der Waals surface area contributed by atoms with Crippen LogP contribution in [0.25, 0.3) is 0 Å². The smallest absolute Gasteiger partial charge is 0.321 e. The van der Waals surface area contributed by atoms with Crippen LogP contribution < -0.4 is 10.6 Å². The normalized spacial score (nSPS) is 20.2. The van der Waals surface area contributed by atoms with Crippen molar-refractivity contribution < 1.29 is 14.3 Å². The number of benzene rings is 1. The van der Waals surface area contributed by atoms with Gasteiger partial charge in [-0.15, -0.1) is 0 Å². The van der Waals surface area contributed by atoms with E-state index in [-0.39, 0.29) is 18.1 Å². The number of rotatable bonds is 3. The molecule has 7 heteroatoms. The number of urea groups is 1. The maximum atomic E-state index is 12.0.